The number of amides is 2. The highest BCUT2D eigenvalue weighted by atomic mass is 35.5. The summed E-state index contributed by atoms with van der Waals surface area (Å²) in [5.41, 5.74) is 1.44. The van der Waals surface area contributed by atoms with E-state index in [0.29, 0.717) is 52.5 Å². The largest absolute Gasteiger partial charge is 0.454 e. The molecule has 5 heterocycles. The Hall–Kier alpha value is -4.39. The van der Waals surface area contributed by atoms with Gasteiger partial charge in [-0.15, -0.1) is 0 Å². The van der Waals surface area contributed by atoms with Gasteiger partial charge >= 0.3 is 6.09 Å². The Labute approximate surface area is 203 Å². The van der Waals surface area contributed by atoms with Crippen LogP contribution < -0.4 is 15.4 Å². The molecule has 0 unspecified atom stereocenters. The molecule has 0 fully saturated rings. The maximum absolute atomic E-state index is 12.4. The van der Waals surface area contributed by atoms with Crippen LogP contribution in [0.3, 0.4) is 0 Å². The van der Waals surface area contributed by atoms with Crippen molar-refractivity contribution in [1.82, 2.24) is 34.2 Å². The van der Waals surface area contributed by atoms with Crippen LogP contribution in [0.5, 0.6) is 11.5 Å². The number of nitrogens with zero attached hydrogens (tertiary/aromatic N) is 7. The van der Waals surface area contributed by atoms with Crippen LogP contribution in [0.4, 0.5) is 22.4 Å². The molecule has 14 heteroatoms. The third kappa shape index (κ3) is 4.17. The Morgan fingerprint density at radius 2 is 2.00 bits per heavy atom. The Morgan fingerprint density at radius 1 is 1.17 bits per heavy atom. The molecule has 35 heavy (non-hydrogen) atoms. The third-order valence-electron chi connectivity index (χ3n) is 5.41. The lowest BCUT2D eigenvalue weighted by atomic mass is 10.3. The molecule has 0 spiro atoms. The van der Waals surface area contributed by atoms with Gasteiger partial charge in [-0.25, -0.2) is 14.8 Å². The zero-order chi connectivity index (χ0) is 24.7. The van der Waals surface area contributed by atoms with Crippen molar-refractivity contribution in [2.24, 2.45) is 7.05 Å². The zero-order valence-electron chi connectivity index (χ0n) is 18.9. The number of methoxy groups -OCH3 is 1. The van der Waals surface area contributed by atoms with Gasteiger partial charge < -0.3 is 24.3 Å². The van der Waals surface area contributed by atoms with E-state index >= 15 is 0 Å². The van der Waals surface area contributed by atoms with Gasteiger partial charge in [-0.05, 0) is 6.07 Å². The minimum Gasteiger partial charge on any atom is -0.454 e. The van der Waals surface area contributed by atoms with Crippen LogP contribution in [-0.2, 0) is 18.3 Å². The summed E-state index contributed by atoms with van der Waals surface area (Å²) in [6.07, 6.45) is 2.28. The van der Waals surface area contributed by atoms with E-state index in [4.69, 9.17) is 16.3 Å². The van der Waals surface area contributed by atoms with Crippen LogP contribution in [0, 0.1) is 0 Å². The Balaban J connectivity index is 1.41. The number of rotatable bonds is 5. The van der Waals surface area contributed by atoms with E-state index in [1.54, 1.807) is 40.4 Å². The summed E-state index contributed by atoms with van der Waals surface area (Å²) in [4.78, 5) is 38.3. The second kappa shape index (κ2) is 8.76. The normalized spacial score (nSPS) is 13.0. The molecule has 2 N–H and O–H groups in total. The highest BCUT2D eigenvalue weighted by Gasteiger charge is 2.24. The molecule has 4 aromatic rings. The molecule has 0 radical (unpaired) electrons. The van der Waals surface area contributed by atoms with E-state index in [1.165, 1.54) is 25.6 Å². The number of ether oxygens (including phenoxy) is 2. The smallest absolute Gasteiger partial charge is 0.412 e. The van der Waals surface area contributed by atoms with E-state index < -0.39 is 6.09 Å². The van der Waals surface area contributed by atoms with Gasteiger partial charge in [0.25, 0.3) is 5.91 Å². The summed E-state index contributed by atoms with van der Waals surface area (Å²) in [6, 6.07) is 4.82. The molecule has 1 aliphatic heterocycles. The summed E-state index contributed by atoms with van der Waals surface area (Å²) in [6.45, 7) is 1.21. The first-order chi connectivity index (χ1) is 16.8. The predicted octanol–water partition coefficient (Wildman–Crippen LogP) is 3.01. The van der Waals surface area contributed by atoms with Crippen molar-refractivity contribution in [2.45, 2.75) is 6.54 Å². The van der Waals surface area contributed by atoms with Gasteiger partial charge in [0.15, 0.2) is 17.2 Å². The van der Waals surface area contributed by atoms with Crippen molar-refractivity contribution in [1.29, 1.82) is 0 Å². The number of imidazole rings is 1. The predicted molar refractivity (Wildman–Crippen MR) is 126 cm³/mol. The molecule has 0 saturated heterocycles. The number of hydrogen-bond acceptors (Lipinski definition) is 9. The van der Waals surface area contributed by atoms with E-state index in [1.807, 2.05) is 0 Å². The number of pyridine rings is 2. The van der Waals surface area contributed by atoms with Gasteiger partial charge in [-0.2, -0.15) is 10.1 Å². The highest BCUT2D eigenvalue weighted by molar-refractivity contribution is 6.36. The van der Waals surface area contributed by atoms with Crippen LogP contribution in [-0.4, -0.2) is 66.9 Å². The van der Waals surface area contributed by atoms with Gasteiger partial charge in [-0.3, -0.25) is 14.8 Å². The third-order valence-corrected chi connectivity index (χ3v) is 5.78. The van der Waals surface area contributed by atoms with Gasteiger partial charge in [0, 0.05) is 39.0 Å². The molecular weight excluding hydrogens is 478 g/mol. The SMILES string of the molecule is COC(=O)Nc1cc(Oc2cnc3nc(Nc4cc5n(n4)CCN(C)C5=O)n(C)c3c2Cl)ccn1. The minimum atomic E-state index is -0.652. The first-order valence-electron chi connectivity index (χ1n) is 10.4. The molecule has 0 saturated carbocycles. The lowest BCUT2D eigenvalue weighted by molar-refractivity contribution is 0.0743. The van der Waals surface area contributed by atoms with Gasteiger partial charge in [-0.1, -0.05) is 11.6 Å². The monoisotopic (exact) mass is 497 g/mol. The average Bonchev–Trinajstić information content (AvgIpc) is 3.40. The topological polar surface area (TPSA) is 141 Å². The number of likely N-dealkylation sites (N-methyl/N-ethyl adjacent to an activating group) is 1. The molecule has 2 amide bonds. The lowest BCUT2D eigenvalue weighted by Crippen LogP contribution is -2.37. The molecule has 0 atom stereocenters. The van der Waals surface area contributed by atoms with Crippen molar-refractivity contribution in [3.63, 3.8) is 0 Å². The van der Waals surface area contributed by atoms with Crippen LogP contribution >= 0.6 is 11.6 Å². The molecule has 0 aliphatic carbocycles. The number of aromatic nitrogens is 6. The lowest BCUT2D eigenvalue weighted by Gasteiger charge is -2.22. The summed E-state index contributed by atoms with van der Waals surface area (Å²) >= 11 is 6.65. The molecule has 180 valence electrons. The number of fused-ring (bicyclic) bond motifs is 2. The standard InChI is InChI=1S/C21H20ClN9O4/c1-29-6-7-31-12(19(29)32)9-15(28-31)25-20-27-18-17(30(20)2)16(22)13(10-24-18)35-11-4-5-23-14(8-11)26-21(33)34-3/h4-5,8-10H,6-7H2,1-3H3,(H,23,26,33)(H,24,25,27,28). The second-order valence-corrected chi connectivity index (χ2v) is 8.07. The zero-order valence-corrected chi connectivity index (χ0v) is 19.7. The summed E-state index contributed by atoms with van der Waals surface area (Å²) in [5.74, 6) is 1.75. The Bertz CT molecular complexity index is 1460. The maximum Gasteiger partial charge on any atom is 0.412 e. The highest BCUT2D eigenvalue weighted by Crippen LogP contribution is 2.36. The molecule has 4 aromatic heterocycles. The number of hydrogen-bond donors (Lipinski definition) is 2. The number of aryl methyl sites for hydroxylation is 1. The fourth-order valence-corrected chi connectivity index (χ4v) is 3.90. The molecular formula is C21H20ClN9O4. The van der Waals surface area contributed by atoms with Crippen LogP contribution in [0.1, 0.15) is 10.5 Å². The number of carbonyl (C=O) groups is 2. The van der Waals surface area contributed by atoms with E-state index in [-0.39, 0.29) is 17.5 Å². The van der Waals surface area contributed by atoms with E-state index in [2.05, 4.69) is 35.4 Å². The average molecular weight is 498 g/mol. The van der Waals surface area contributed by atoms with Crippen molar-refractivity contribution < 1.29 is 19.1 Å². The minimum absolute atomic E-state index is 0.0886. The van der Waals surface area contributed by atoms with Crippen molar-refractivity contribution >= 4 is 52.3 Å². The van der Waals surface area contributed by atoms with Crippen molar-refractivity contribution in [2.75, 3.05) is 31.3 Å². The van der Waals surface area contributed by atoms with Crippen molar-refractivity contribution in [3.05, 3.63) is 41.3 Å². The Kier molecular flexibility index (Phi) is 5.61. The number of anilines is 3. The molecule has 13 nitrogen and oxygen atoms in total. The second-order valence-electron chi connectivity index (χ2n) is 7.69. The molecule has 5 rings (SSSR count). The Morgan fingerprint density at radius 3 is 2.80 bits per heavy atom. The molecule has 0 aromatic carbocycles. The fraction of sp³-hybridized carbons (Fsp3) is 0.238. The molecule has 0 bridgehead atoms. The number of nitrogens with one attached hydrogen (secondary N) is 2. The maximum atomic E-state index is 12.4. The van der Waals surface area contributed by atoms with Gasteiger partial charge in [0.1, 0.15) is 27.8 Å². The first kappa shape index (κ1) is 22.4. The van der Waals surface area contributed by atoms with Crippen LogP contribution in [0.2, 0.25) is 5.02 Å². The number of halogens is 1. The summed E-state index contributed by atoms with van der Waals surface area (Å²) < 4.78 is 13.8. The fourth-order valence-electron chi connectivity index (χ4n) is 3.60. The van der Waals surface area contributed by atoms with Crippen molar-refractivity contribution in [3.8, 4) is 11.5 Å². The van der Waals surface area contributed by atoms with E-state index in [0.717, 1.165) is 0 Å². The van der Waals surface area contributed by atoms with Gasteiger partial charge in [0.05, 0.1) is 19.9 Å². The summed E-state index contributed by atoms with van der Waals surface area (Å²) in [5, 5.41) is 10.3. The first-order valence-corrected chi connectivity index (χ1v) is 10.8. The van der Waals surface area contributed by atoms with Gasteiger partial charge in [0.2, 0.25) is 5.95 Å². The van der Waals surface area contributed by atoms with Crippen LogP contribution in [0.15, 0.2) is 30.6 Å². The number of carbonyl (C=O) groups excluding carboxylic acids is 2. The summed E-state index contributed by atoms with van der Waals surface area (Å²) in [7, 11) is 4.79. The quantitative estimate of drug-likeness (QED) is 0.425. The molecule has 1 aliphatic rings. The van der Waals surface area contributed by atoms with Crippen LogP contribution in [0.25, 0.3) is 11.2 Å². The van der Waals surface area contributed by atoms with E-state index in [9.17, 15) is 9.59 Å².